The number of hydrogen-bond acceptors (Lipinski definition) is 3. The Hall–Kier alpha value is -2.07. The van der Waals surface area contributed by atoms with Gasteiger partial charge in [0, 0.05) is 30.0 Å². The number of anilines is 1. The fourth-order valence-electron chi connectivity index (χ4n) is 1.93. The number of benzene rings is 1. The highest BCUT2D eigenvalue weighted by Crippen LogP contribution is 2.25. The third-order valence-corrected chi connectivity index (χ3v) is 3.32. The van der Waals surface area contributed by atoms with E-state index in [0.29, 0.717) is 10.7 Å². The van der Waals surface area contributed by atoms with E-state index < -0.39 is 0 Å². The third kappa shape index (κ3) is 3.27. The molecule has 2 N–H and O–H groups in total. The summed E-state index contributed by atoms with van der Waals surface area (Å²) in [5, 5.41) is 6.58. The first-order valence-corrected chi connectivity index (χ1v) is 6.68. The highest BCUT2D eigenvalue weighted by Gasteiger charge is 2.10. The fourth-order valence-corrected chi connectivity index (χ4v) is 2.23. The molecule has 4 nitrogen and oxygen atoms in total. The molecule has 1 unspecified atom stereocenters. The Morgan fingerprint density at radius 2 is 2.05 bits per heavy atom. The van der Waals surface area contributed by atoms with Gasteiger partial charge >= 0.3 is 0 Å². The van der Waals surface area contributed by atoms with Gasteiger partial charge in [-0.05, 0) is 30.7 Å². The molecule has 2 rings (SSSR count). The monoisotopic (exact) mass is 289 g/mol. The maximum atomic E-state index is 11.6. The number of amides is 1. The number of hydrogen-bond donors (Lipinski definition) is 2. The Morgan fingerprint density at radius 1 is 1.30 bits per heavy atom. The van der Waals surface area contributed by atoms with E-state index in [1.165, 1.54) is 0 Å². The summed E-state index contributed by atoms with van der Waals surface area (Å²) in [5.41, 5.74) is 2.21. The van der Waals surface area contributed by atoms with Crippen LogP contribution >= 0.6 is 11.6 Å². The second-order valence-corrected chi connectivity index (χ2v) is 4.80. The Labute approximate surface area is 123 Å². The maximum Gasteiger partial charge on any atom is 0.269 e. The predicted octanol–water partition coefficient (Wildman–Crippen LogP) is 3.27. The van der Waals surface area contributed by atoms with Gasteiger partial charge in [0.15, 0.2) is 0 Å². The lowest BCUT2D eigenvalue weighted by Gasteiger charge is -2.17. The van der Waals surface area contributed by atoms with Crippen LogP contribution in [0.4, 0.5) is 5.69 Å². The van der Waals surface area contributed by atoms with Gasteiger partial charge in [0.25, 0.3) is 5.91 Å². The van der Waals surface area contributed by atoms with Gasteiger partial charge in [-0.15, -0.1) is 0 Å². The first kappa shape index (κ1) is 14.3. The van der Waals surface area contributed by atoms with Crippen LogP contribution in [0.1, 0.15) is 29.0 Å². The smallest absolute Gasteiger partial charge is 0.269 e. The summed E-state index contributed by atoms with van der Waals surface area (Å²) >= 11 is 6.17. The highest BCUT2D eigenvalue weighted by molar-refractivity contribution is 6.31. The van der Waals surface area contributed by atoms with E-state index >= 15 is 0 Å². The standard InChI is InChI=1S/C15H16ClN3O/c1-10(12-5-3-4-6-13(12)16)19-11-7-8-18-14(9-11)15(20)17-2/h3-10H,1-2H3,(H,17,20)(H,18,19). The van der Waals surface area contributed by atoms with Crippen molar-refractivity contribution in [3.05, 3.63) is 58.9 Å². The van der Waals surface area contributed by atoms with Crippen LogP contribution in [0.15, 0.2) is 42.6 Å². The minimum atomic E-state index is -0.209. The number of nitrogens with one attached hydrogen (secondary N) is 2. The molecule has 0 aliphatic carbocycles. The molecule has 0 spiro atoms. The molecule has 0 fully saturated rings. The van der Waals surface area contributed by atoms with Crippen LogP contribution in [0.5, 0.6) is 0 Å². The Bertz CT molecular complexity index is 616. The van der Waals surface area contributed by atoms with Crippen molar-refractivity contribution in [2.45, 2.75) is 13.0 Å². The van der Waals surface area contributed by atoms with Gasteiger partial charge in [0.2, 0.25) is 0 Å². The summed E-state index contributed by atoms with van der Waals surface area (Å²) in [6.45, 7) is 2.02. The zero-order valence-electron chi connectivity index (χ0n) is 11.4. The zero-order chi connectivity index (χ0) is 14.5. The molecule has 1 aromatic heterocycles. The quantitative estimate of drug-likeness (QED) is 0.908. The van der Waals surface area contributed by atoms with E-state index in [4.69, 9.17) is 11.6 Å². The summed E-state index contributed by atoms with van der Waals surface area (Å²) < 4.78 is 0. The number of rotatable bonds is 4. The number of aromatic nitrogens is 1. The summed E-state index contributed by atoms with van der Waals surface area (Å²) in [5.74, 6) is -0.209. The number of halogens is 1. The Kier molecular flexibility index (Phi) is 4.58. The minimum Gasteiger partial charge on any atom is -0.378 e. The molecule has 0 saturated carbocycles. The van der Waals surface area contributed by atoms with Gasteiger partial charge in [-0.2, -0.15) is 0 Å². The van der Waals surface area contributed by atoms with Crippen LogP contribution < -0.4 is 10.6 Å². The maximum absolute atomic E-state index is 11.6. The minimum absolute atomic E-state index is 0.0311. The molecule has 0 bridgehead atoms. The van der Waals surface area contributed by atoms with Crippen LogP contribution in [0.25, 0.3) is 0 Å². The van der Waals surface area contributed by atoms with Gasteiger partial charge in [-0.3, -0.25) is 9.78 Å². The molecule has 1 amide bonds. The van der Waals surface area contributed by atoms with Crippen molar-refractivity contribution in [1.82, 2.24) is 10.3 Å². The van der Waals surface area contributed by atoms with Crippen LogP contribution in [-0.2, 0) is 0 Å². The van der Waals surface area contributed by atoms with Crippen molar-refractivity contribution in [2.24, 2.45) is 0 Å². The number of pyridine rings is 1. The second-order valence-electron chi connectivity index (χ2n) is 4.40. The van der Waals surface area contributed by atoms with E-state index in [2.05, 4.69) is 15.6 Å². The van der Waals surface area contributed by atoms with Crippen LogP contribution in [0, 0.1) is 0 Å². The molecule has 0 radical (unpaired) electrons. The van der Waals surface area contributed by atoms with Crippen molar-refractivity contribution in [2.75, 3.05) is 12.4 Å². The van der Waals surface area contributed by atoms with Gasteiger partial charge in [0.05, 0.1) is 0 Å². The summed E-state index contributed by atoms with van der Waals surface area (Å²) in [7, 11) is 1.58. The molecule has 0 aliphatic rings. The third-order valence-electron chi connectivity index (χ3n) is 2.97. The van der Waals surface area contributed by atoms with Crippen LogP contribution in [0.2, 0.25) is 5.02 Å². The average Bonchev–Trinajstić information content (AvgIpc) is 2.47. The normalized spacial score (nSPS) is 11.8. The van der Waals surface area contributed by atoms with Crippen molar-refractivity contribution in [1.29, 1.82) is 0 Å². The van der Waals surface area contributed by atoms with Gasteiger partial charge in [-0.25, -0.2) is 0 Å². The molecule has 5 heteroatoms. The topological polar surface area (TPSA) is 54.0 Å². The van der Waals surface area contributed by atoms with E-state index in [0.717, 1.165) is 11.3 Å². The van der Waals surface area contributed by atoms with E-state index in [9.17, 15) is 4.79 Å². The van der Waals surface area contributed by atoms with Gasteiger partial charge in [-0.1, -0.05) is 29.8 Å². The van der Waals surface area contributed by atoms with Gasteiger partial charge < -0.3 is 10.6 Å². The lowest BCUT2D eigenvalue weighted by molar-refractivity contribution is 0.0958. The number of nitrogens with zero attached hydrogens (tertiary/aromatic N) is 1. The second kappa shape index (κ2) is 6.39. The predicted molar refractivity (Wildman–Crippen MR) is 81.1 cm³/mol. The summed E-state index contributed by atoms with van der Waals surface area (Å²) in [6.07, 6.45) is 1.60. The number of carbonyl (C=O) groups excluding carboxylic acids is 1. The zero-order valence-corrected chi connectivity index (χ0v) is 12.1. The molecular weight excluding hydrogens is 274 g/mol. The Balaban J connectivity index is 2.18. The molecule has 1 heterocycles. The Morgan fingerprint density at radius 3 is 2.75 bits per heavy atom. The van der Waals surface area contributed by atoms with Gasteiger partial charge in [0.1, 0.15) is 5.69 Å². The number of carbonyl (C=O) groups is 1. The van der Waals surface area contributed by atoms with Crippen molar-refractivity contribution in [3.63, 3.8) is 0 Å². The lowest BCUT2D eigenvalue weighted by atomic mass is 10.1. The van der Waals surface area contributed by atoms with Crippen LogP contribution in [-0.4, -0.2) is 17.9 Å². The van der Waals surface area contributed by atoms with Crippen molar-refractivity contribution in [3.8, 4) is 0 Å². The summed E-state index contributed by atoms with van der Waals surface area (Å²) in [6, 6.07) is 11.2. The molecule has 20 heavy (non-hydrogen) atoms. The van der Waals surface area contributed by atoms with E-state index in [1.54, 1.807) is 19.3 Å². The molecule has 2 aromatic rings. The van der Waals surface area contributed by atoms with E-state index in [1.807, 2.05) is 37.3 Å². The first-order chi connectivity index (χ1) is 9.61. The lowest BCUT2D eigenvalue weighted by Crippen LogP contribution is -2.19. The molecular formula is C15H16ClN3O. The van der Waals surface area contributed by atoms with E-state index in [-0.39, 0.29) is 11.9 Å². The SMILES string of the molecule is CNC(=O)c1cc(NC(C)c2ccccc2Cl)ccn1. The van der Waals surface area contributed by atoms with Crippen LogP contribution in [0.3, 0.4) is 0 Å². The highest BCUT2D eigenvalue weighted by atomic mass is 35.5. The summed E-state index contributed by atoms with van der Waals surface area (Å²) in [4.78, 5) is 15.6. The average molecular weight is 290 g/mol. The molecule has 1 atom stereocenters. The van der Waals surface area contributed by atoms with Crippen molar-refractivity contribution >= 4 is 23.2 Å². The molecule has 104 valence electrons. The van der Waals surface area contributed by atoms with Crippen molar-refractivity contribution < 1.29 is 4.79 Å². The largest absolute Gasteiger partial charge is 0.378 e. The molecule has 0 saturated heterocycles. The molecule has 1 aromatic carbocycles. The molecule has 0 aliphatic heterocycles. The fraction of sp³-hybridized carbons (Fsp3) is 0.200. The first-order valence-electron chi connectivity index (χ1n) is 6.31.